The molecule has 0 N–H and O–H groups in total. The average Bonchev–Trinajstić information content (AvgIpc) is 3.11. The van der Waals surface area contributed by atoms with E-state index in [0.717, 1.165) is 46.6 Å². The van der Waals surface area contributed by atoms with E-state index in [2.05, 4.69) is 107 Å². The molecule has 6 unspecified atom stereocenters. The van der Waals surface area contributed by atoms with Gasteiger partial charge in [-0.05, 0) is 120 Å². The molecule has 4 nitrogen and oxygen atoms in total. The summed E-state index contributed by atoms with van der Waals surface area (Å²) < 4.78 is 12.0. The van der Waals surface area contributed by atoms with E-state index < -0.39 is 11.4 Å². The number of hydrogen-bond acceptors (Lipinski definition) is 8. The van der Waals surface area contributed by atoms with E-state index in [-0.39, 0.29) is 19.5 Å². The zero-order valence-corrected chi connectivity index (χ0v) is 45.6. The number of rotatable bonds is 20. The molecule has 0 aliphatic rings. The van der Waals surface area contributed by atoms with Gasteiger partial charge < -0.3 is 18.8 Å². The van der Waals surface area contributed by atoms with Crippen LogP contribution in [0, 0.1) is 23.7 Å². The third kappa shape index (κ3) is 19.1. The van der Waals surface area contributed by atoms with E-state index in [4.69, 9.17) is 32.7 Å². The van der Waals surface area contributed by atoms with Crippen molar-refractivity contribution in [2.24, 2.45) is 23.7 Å². The molecule has 59 heavy (non-hydrogen) atoms. The topological polar surface area (TPSA) is 64.6 Å². The molecule has 0 spiro atoms. The van der Waals surface area contributed by atoms with Crippen LogP contribution in [-0.4, -0.2) is 0 Å². The predicted octanol–water partition coefficient (Wildman–Crippen LogP) is 15.5. The van der Waals surface area contributed by atoms with Crippen LogP contribution >= 0.6 is 34.2 Å². The maximum Gasteiger partial charge on any atom is 2.00 e. The van der Waals surface area contributed by atoms with Crippen LogP contribution < -0.4 is 18.8 Å². The van der Waals surface area contributed by atoms with Gasteiger partial charge in [-0.25, -0.2) is 0 Å². The van der Waals surface area contributed by atoms with Crippen LogP contribution in [0.15, 0.2) is 107 Å². The molecule has 4 aromatic carbocycles. The van der Waals surface area contributed by atoms with Gasteiger partial charge in [0.25, 0.3) is 0 Å². The van der Waals surface area contributed by atoms with Gasteiger partial charge in [-0.15, -0.1) is 0 Å². The van der Waals surface area contributed by atoms with Crippen molar-refractivity contribution in [3.05, 3.63) is 119 Å². The smallest absolute Gasteiger partial charge is 0.783 e. The summed E-state index contributed by atoms with van der Waals surface area (Å²) in [4.78, 5) is 28.5. The van der Waals surface area contributed by atoms with Crippen LogP contribution in [-0.2, 0) is 43.1 Å². The van der Waals surface area contributed by atoms with Crippen LogP contribution in [0.4, 0.5) is 0 Å². The van der Waals surface area contributed by atoms with E-state index in [1.54, 1.807) is 0 Å². The summed E-state index contributed by atoms with van der Waals surface area (Å²) >= 11 is 13.4. The van der Waals surface area contributed by atoms with E-state index >= 15 is 0 Å². The first-order valence-corrected chi connectivity index (χ1v) is 29.1. The second kappa shape index (κ2) is 26.0. The van der Waals surface area contributed by atoms with E-state index in [9.17, 15) is 9.79 Å². The molecule has 0 aliphatic carbocycles. The maximum atomic E-state index is 13.3. The number of para-hydroxylation sites is 2. The Hall–Kier alpha value is -0.977. The van der Waals surface area contributed by atoms with Crippen molar-refractivity contribution in [3.8, 4) is 11.5 Å². The van der Waals surface area contributed by atoms with Crippen molar-refractivity contribution in [3.63, 3.8) is 0 Å². The molecular formula is C48H68O4P2S4Zn. The fourth-order valence-corrected chi connectivity index (χ4v) is 15.2. The third-order valence-corrected chi connectivity index (χ3v) is 17.1. The van der Waals surface area contributed by atoms with Gasteiger partial charge in [0.2, 0.25) is 0 Å². The summed E-state index contributed by atoms with van der Waals surface area (Å²) in [7, 11) is 0. The third-order valence-electron chi connectivity index (χ3n) is 9.94. The van der Waals surface area contributed by atoms with E-state index in [1.165, 1.54) is 33.9 Å². The van der Waals surface area contributed by atoms with Crippen LogP contribution in [0.3, 0.4) is 0 Å². The van der Waals surface area contributed by atoms with Gasteiger partial charge in [0.1, 0.15) is 22.9 Å². The minimum Gasteiger partial charge on any atom is -0.783 e. The summed E-state index contributed by atoms with van der Waals surface area (Å²) in [5, 5.41) is 0. The van der Waals surface area contributed by atoms with Gasteiger partial charge in [0.15, 0.2) is 0 Å². The van der Waals surface area contributed by atoms with Gasteiger partial charge in [-0.2, -0.15) is 0 Å². The quantitative estimate of drug-likeness (QED) is 0.0641. The average molecular weight is 965 g/mol. The fraction of sp³-hybridized carbons (Fsp3) is 0.500. The molecule has 4 aromatic rings. The minimum absolute atomic E-state index is 0. The SMILES string of the molecule is CC(C)CC(C)c1ccccc1OP([O-])(=S)Sc1ccccc1C(C)CC(C)C.CC(C)CC(C)c1ccccc1OP([O-])(=S)Sc1ccccc1C(C)CC(C)C.[Zn+2]. The number of hydrogen-bond donors (Lipinski definition) is 0. The molecule has 0 aromatic heterocycles. The van der Waals surface area contributed by atoms with Gasteiger partial charge in [0, 0.05) is 9.79 Å². The van der Waals surface area contributed by atoms with E-state index in [0.29, 0.717) is 58.8 Å². The van der Waals surface area contributed by atoms with Gasteiger partial charge in [0.05, 0.1) is 0 Å². The van der Waals surface area contributed by atoms with Crippen molar-refractivity contribution < 1.29 is 38.3 Å². The molecule has 11 heteroatoms. The first-order chi connectivity index (χ1) is 27.2. The Labute approximate surface area is 389 Å². The summed E-state index contributed by atoms with van der Waals surface area (Å²) in [6.07, 6.45) is 4.25. The summed E-state index contributed by atoms with van der Waals surface area (Å²) in [5.74, 6) is 5.08. The predicted molar refractivity (Wildman–Crippen MR) is 259 cm³/mol. The maximum absolute atomic E-state index is 13.3. The first kappa shape index (κ1) is 54.2. The molecule has 4 rings (SSSR count). The van der Waals surface area contributed by atoms with Gasteiger partial charge >= 0.3 is 19.5 Å². The first-order valence-electron chi connectivity index (χ1n) is 20.9. The van der Waals surface area contributed by atoms with Crippen molar-refractivity contribution in [1.29, 1.82) is 0 Å². The van der Waals surface area contributed by atoms with Crippen LogP contribution in [0.2, 0.25) is 0 Å². The molecule has 0 fully saturated rings. The van der Waals surface area contributed by atoms with Crippen molar-refractivity contribution in [2.45, 2.75) is 142 Å². The summed E-state index contributed by atoms with van der Waals surface area (Å²) in [6, 6.07) is 32.0. The minimum atomic E-state index is -3.34. The van der Waals surface area contributed by atoms with Gasteiger partial charge in [-0.3, -0.25) is 0 Å². The molecule has 0 heterocycles. The Bertz CT molecular complexity index is 1690. The Morgan fingerprint density at radius 3 is 0.949 bits per heavy atom. The van der Waals surface area contributed by atoms with Crippen LogP contribution in [0.25, 0.3) is 0 Å². The Morgan fingerprint density at radius 1 is 0.424 bits per heavy atom. The summed E-state index contributed by atoms with van der Waals surface area (Å²) in [6.45, 7) is 26.6. The largest absolute Gasteiger partial charge is 2.00 e. The molecular weight excluding hydrogens is 896 g/mol. The van der Waals surface area contributed by atoms with Crippen molar-refractivity contribution in [1.82, 2.24) is 0 Å². The Kier molecular flexibility index (Phi) is 23.8. The molecule has 0 bridgehead atoms. The zero-order chi connectivity index (χ0) is 43.2. The molecule has 0 amide bonds. The molecule has 6 atom stereocenters. The van der Waals surface area contributed by atoms with Crippen LogP contribution in [0.1, 0.15) is 155 Å². The van der Waals surface area contributed by atoms with Gasteiger partial charge in [-0.1, -0.05) is 202 Å². The molecule has 0 saturated carbocycles. The van der Waals surface area contributed by atoms with E-state index in [1.807, 2.05) is 72.8 Å². The molecule has 0 radical (unpaired) electrons. The standard InChI is InChI=1S/2C24H35O2PS2.Zn/c2*1-17(2)15-19(5)21-11-7-9-13-23(21)26-27(25,28)29-24-14-10-8-12-22(24)20(6)16-18(3)4;/h2*7-14,17-20H,15-16H2,1-6H3,(H,25,28);/q;;+2/p-2. The van der Waals surface area contributed by atoms with Crippen molar-refractivity contribution in [2.75, 3.05) is 0 Å². The monoisotopic (exact) mass is 962 g/mol. The zero-order valence-electron chi connectivity index (χ0n) is 37.6. The molecule has 0 saturated heterocycles. The molecule has 320 valence electrons. The van der Waals surface area contributed by atoms with Crippen molar-refractivity contribution >= 4 is 57.8 Å². The second-order valence-electron chi connectivity index (χ2n) is 17.5. The summed E-state index contributed by atoms with van der Waals surface area (Å²) in [5.41, 5.74) is -2.13. The molecule has 0 aliphatic heterocycles. The second-order valence-corrected chi connectivity index (χ2v) is 29.2. The Morgan fingerprint density at radius 2 is 0.661 bits per heavy atom. The Balaban J connectivity index is 0.000000400. The van der Waals surface area contributed by atoms with Crippen LogP contribution in [0.5, 0.6) is 11.5 Å². The normalized spacial score (nSPS) is 15.6. The fourth-order valence-electron chi connectivity index (χ4n) is 7.74. The number of benzene rings is 4.